The van der Waals surface area contributed by atoms with Gasteiger partial charge in [-0.1, -0.05) is 6.92 Å². The summed E-state index contributed by atoms with van der Waals surface area (Å²) < 4.78 is 68.9. The van der Waals surface area contributed by atoms with E-state index < -0.39 is 35.8 Å². The molecule has 40 heavy (non-hydrogen) atoms. The van der Waals surface area contributed by atoms with Gasteiger partial charge in [0.05, 0.1) is 23.5 Å². The highest BCUT2D eigenvalue weighted by Crippen LogP contribution is 2.38. The lowest BCUT2D eigenvalue weighted by Gasteiger charge is -2.17. The number of alkyl halides is 3. The zero-order chi connectivity index (χ0) is 28.6. The van der Waals surface area contributed by atoms with Crippen LogP contribution in [0, 0.1) is 11.6 Å². The number of halogens is 5. The van der Waals surface area contributed by atoms with Crippen LogP contribution < -0.4 is 0 Å². The van der Waals surface area contributed by atoms with Gasteiger partial charge in [0.25, 0.3) is 0 Å². The van der Waals surface area contributed by atoms with Crippen LogP contribution in [0.15, 0.2) is 58.1 Å². The van der Waals surface area contributed by atoms with E-state index in [9.17, 15) is 22.0 Å². The van der Waals surface area contributed by atoms with Crippen molar-refractivity contribution in [2.75, 3.05) is 14.1 Å². The largest absolute Gasteiger partial charge is 0.451 e. The molecule has 1 aliphatic rings. The highest BCUT2D eigenvalue weighted by molar-refractivity contribution is 6.33. The Hall–Kier alpha value is -4.62. The van der Waals surface area contributed by atoms with Crippen LogP contribution in [0.4, 0.5) is 27.8 Å². The molecule has 0 N–H and O–H groups in total. The van der Waals surface area contributed by atoms with E-state index in [0.29, 0.717) is 34.3 Å². The van der Waals surface area contributed by atoms with Gasteiger partial charge in [0, 0.05) is 61.7 Å². The van der Waals surface area contributed by atoms with Crippen LogP contribution in [-0.4, -0.2) is 61.8 Å². The summed E-state index contributed by atoms with van der Waals surface area (Å²) in [5, 5.41) is 0.471. The average Bonchev–Trinajstić information content (AvgIpc) is 3.54. The van der Waals surface area contributed by atoms with E-state index >= 15 is 0 Å². The number of aromatic nitrogens is 5. The van der Waals surface area contributed by atoms with Crippen molar-refractivity contribution in [1.29, 1.82) is 0 Å². The monoisotopic (exact) mass is 555 g/mol. The van der Waals surface area contributed by atoms with Crippen molar-refractivity contribution in [3.8, 4) is 11.1 Å². The van der Waals surface area contributed by atoms with Gasteiger partial charge in [0.2, 0.25) is 5.82 Å². The topological polar surface area (TPSA) is 96.8 Å². The Balaban J connectivity index is 1.64. The minimum Gasteiger partial charge on any atom is -0.369 e. The second-order valence-electron chi connectivity index (χ2n) is 9.14. The Morgan fingerprint density at radius 2 is 1.85 bits per heavy atom. The maximum atomic E-state index is 14.4. The van der Waals surface area contributed by atoms with Crippen LogP contribution in [0.5, 0.6) is 0 Å². The fourth-order valence-electron chi connectivity index (χ4n) is 4.34. The Bertz CT molecular complexity index is 1640. The predicted octanol–water partition coefficient (Wildman–Crippen LogP) is 5.58. The van der Waals surface area contributed by atoms with Crippen molar-refractivity contribution < 1.29 is 22.0 Å². The van der Waals surface area contributed by atoms with E-state index in [2.05, 4.69) is 34.9 Å². The molecule has 0 spiro atoms. The average molecular weight is 556 g/mol. The summed E-state index contributed by atoms with van der Waals surface area (Å²) >= 11 is 0. The summed E-state index contributed by atoms with van der Waals surface area (Å²) in [7, 11) is 3.56. The van der Waals surface area contributed by atoms with Gasteiger partial charge in [-0.2, -0.15) is 13.2 Å². The lowest BCUT2D eigenvalue weighted by atomic mass is 10.1. The van der Waals surface area contributed by atoms with Gasteiger partial charge < -0.3 is 9.47 Å². The van der Waals surface area contributed by atoms with Crippen LogP contribution in [0.25, 0.3) is 22.2 Å². The standard InChI is InChI=1S/C26H22F5N9/c1-4-20(19-10-32-22(38-19)16-6-5-15(27)7-18(16)28)40-11-17(14-8-33-25(34-9-14)26(29,30)31)21-23(37-13-39(2)3)35-12-36-24(21)40/h5-13,20,22H,4H2,1-3H3/b37-13+. The molecule has 1 aromatic carbocycles. The summed E-state index contributed by atoms with van der Waals surface area (Å²) in [6.45, 7) is 1.91. The van der Waals surface area contributed by atoms with Crippen LogP contribution in [-0.2, 0) is 6.18 Å². The summed E-state index contributed by atoms with van der Waals surface area (Å²) in [6.07, 6.45) is 3.22. The van der Waals surface area contributed by atoms with Gasteiger partial charge in [-0.25, -0.2) is 33.7 Å². The van der Waals surface area contributed by atoms with E-state index in [1.54, 1.807) is 36.1 Å². The number of fused-ring (bicyclic) bond motifs is 1. The molecule has 4 aromatic rings. The van der Waals surface area contributed by atoms with Gasteiger partial charge in [-0.05, 0) is 18.6 Å². The molecule has 3 aromatic heterocycles. The molecule has 206 valence electrons. The third-order valence-electron chi connectivity index (χ3n) is 6.14. The molecule has 0 aliphatic carbocycles. The van der Waals surface area contributed by atoms with Gasteiger partial charge in [-0.15, -0.1) is 0 Å². The first-order valence-corrected chi connectivity index (χ1v) is 12.1. The molecule has 9 nitrogen and oxygen atoms in total. The van der Waals surface area contributed by atoms with Crippen LogP contribution in [0.1, 0.15) is 36.9 Å². The minimum absolute atomic E-state index is 0.130. The van der Waals surface area contributed by atoms with E-state index in [1.807, 2.05) is 6.92 Å². The SMILES string of the molecule is CCC(C1=NC(c2ccc(F)cc2F)N=C1)n1cc(-c2cnc(C(F)(F)F)nc2)c2c(/N=C/N(C)C)ncnc21. The molecule has 0 fully saturated rings. The van der Waals surface area contributed by atoms with Crippen molar-refractivity contribution >= 4 is 35.1 Å². The molecule has 4 heterocycles. The summed E-state index contributed by atoms with van der Waals surface area (Å²) in [4.78, 5) is 30.8. The molecule has 5 rings (SSSR count). The van der Waals surface area contributed by atoms with Gasteiger partial charge >= 0.3 is 6.18 Å². The first-order chi connectivity index (χ1) is 19.1. The van der Waals surface area contributed by atoms with Crippen LogP contribution in [0.3, 0.4) is 0 Å². The number of rotatable bonds is 7. The van der Waals surface area contributed by atoms with E-state index in [-0.39, 0.29) is 11.4 Å². The quantitative estimate of drug-likeness (QED) is 0.169. The number of aliphatic imine (C=N–C) groups is 3. The summed E-state index contributed by atoms with van der Waals surface area (Å²) in [6, 6.07) is 2.78. The molecule has 0 bridgehead atoms. The van der Waals surface area contributed by atoms with Gasteiger partial charge in [-0.3, -0.25) is 9.98 Å². The lowest BCUT2D eigenvalue weighted by Crippen LogP contribution is -2.18. The van der Waals surface area contributed by atoms with Gasteiger partial charge in [0.15, 0.2) is 12.0 Å². The number of benzene rings is 1. The molecule has 1 aliphatic heterocycles. The normalized spacial score (nSPS) is 16.2. The van der Waals surface area contributed by atoms with Crippen molar-refractivity contribution in [2.45, 2.75) is 31.7 Å². The fraction of sp³-hybridized carbons (Fsp3) is 0.269. The summed E-state index contributed by atoms with van der Waals surface area (Å²) in [5.74, 6) is -2.43. The zero-order valence-corrected chi connectivity index (χ0v) is 21.5. The second-order valence-corrected chi connectivity index (χ2v) is 9.14. The minimum atomic E-state index is -4.69. The number of nitrogens with zero attached hydrogens (tertiary/aromatic N) is 9. The smallest absolute Gasteiger partial charge is 0.369 e. The highest BCUT2D eigenvalue weighted by Gasteiger charge is 2.34. The second kappa shape index (κ2) is 10.5. The number of hydrogen-bond acceptors (Lipinski definition) is 7. The molecule has 2 unspecified atom stereocenters. The van der Waals surface area contributed by atoms with Crippen LogP contribution >= 0.6 is 0 Å². The summed E-state index contributed by atoms with van der Waals surface area (Å²) in [5.41, 5.74) is 1.85. The van der Waals surface area contributed by atoms with E-state index in [4.69, 9.17) is 0 Å². The van der Waals surface area contributed by atoms with Crippen LogP contribution in [0.2, 0.25) is 0 Å². The Morgan fingerprint density at radius 1 is 1.10 bits per heavy atom. The first-order valence-electron chi connectivity index (χ1n) is 12.1. The van der Waals surface area contributed by atoms with Crippen molar-refractivity contribution in [3.63, 3.8) is 0 Å². The maximum Gasteiger partial charge on any atom is 0.451 e. The molecule has 0 radical (unpaired) electrons. The maximum absolute atomic E-state index is 14.4. The molecule has 0 amide bonds. The molecular weight excluding hydrogens is 533 g/mol. The zero-order valence-electron chi connectivity index (χ0n) is 21.5. The van der Waals surface area contributed by atoms with E-state index in [0.717, 1.165) is 24.5 Å². The third-order valence-corrected chi connectivity index (χ3v) is 6.14. The van der Waals surface area contributed by atoms with Crippen molar-refractivity contribution in [1.82, 2.24) is 29.4 Å². The predicted molar refractivity (Wildman–Crippen MR) is 140 cm³/mol. The molecule has 2 atom stereocenters. The van der Waals surface area contributed by atoms with E-state index in [1.165, 1.54) is 18.6 Å². The molecular formula is C26H22F5N9. The third kappa shape index (κ3) is 5.16. The first kappa shape index (κ1) is 27.0. The number of hydrogen-bond donors (Lipinski definition) is 0. The molecule has 0 saturated heterocycles. The Labute approximate surface area is 224 Å². The van der Waals surface area contributed by atoms with Gasteiger partial charge in [0.1, 0.15) is 23.6 Å². The Morgan fingerprint density at radius 3 is 2.50 bits per heavy atom. The molecule has 14 heteroatoms. The lowest BCUT2D eigenvalue weighted by molar-refractivity contribution is -0.144. The molecule has 0 saturated carbocycles. The van der Waals surface area contributed by atoms with Crippen molar-refractivity contribution in [2.24, 2.45) is 15.0 Å². The van der Waals surface area contributed by atoms with Crippen molar-refractivity contribution in [3.05, 3.63) is 66.1 Å². The Kier molecular flexibility index (Phi) is 7.08. The fourth-order valence-corrected chi connectivity index (χ4v) is 4.34. The highest BCUT2D eigenvalue weighted by atomic mass is 19.4.